The maximum atomic E-state index is 11.5. The normalized spacial score (nSPS) is 10.8. The van der Waals surface area contributed by atoms with E-state index >= 15 is 0 Å². The van der Waals surface area contributed by atoms with Crippen LogP contribution in [-0.4, -0.2) is 28.9 Å². The summed E-state index contributed by atoms with van der Waals surface area (Å²) in [5.74, 6) is 1.35. The molecule has 6 nitrogen and oxygen atoms in total. The summed E-state index contributed by atoms with van der Waals surface area (Å²) in [5, 5.41) is 0.944. The van der Waals surface area contributed by atoms with Gasteiger partial charge in [-0.25, -0.2) is 4.79 Å². The average molecular weight is 441 g/mol. The largest absolute Gasteiger partial charge is 0.493 e. The molecule has 2 aromatic carbocycles. The third-order valence-electron chi connectivity index (χ3n) is 4.79. The number of carbonyl (C=O) groups excluding carboxylic acids is 1. The van der Waals surface area contributed by atoms with E-state index in [9.17, 15) is 4.79 Å². The molecule has 0 aliphatic rings. The van der Waals surface area contributed by atoms with Crippen LogP contribution in [0.1, 0.15) is 44.2 Å². The van der Waals surface area contributed by atoms with Crippen molar-refractivity contribution in [3.63, 3.8) is 0 Å². The molecule has 2 N–H and O–H groups in total. The van der Waals surface area contributed by atoms with Crippen molar-refractivity contribution >= 4 is 34.1 Å². The van der Waals surface area contributed by atoms with Crippen LogP contribution in [0.2, 0.25) is 0 Å². The van der Waals surface area contributed by atoms with Gasteiger partial charge in [-0.15, -0.1) is 0 Å². The zero-order valence-corrected chi connectivity index (χ0v) is 18.7. The number of hydrogen-bond acceptors (Lipinski definition) is 5. The third-order valence-corrected chi connectivity index (χ3v) is 5.03. The number of aromatic nitrogens is 1. The van der Waals surface area contributed by atoms with Crippen LogP contribution in [0.4, 0.5) is 0 Å². The molecule has 0 saturated carbocycles. The van der Waals surface area contributed by atoms with Crippen molar-refractivity contribution in [3.05, 3.63) is 59.8 Å². The molecule has 31 heavy (non-hydrogen) atoms. The zero-order valence-electron chi connectivity index (χ0n) is 17.9. The highest BCUT2D eigenvalue weighted by atomic mass is 32.1. The number of nitrogens with zero attached hydrogens (tertiary/aromatic N) is 1. The summed E-state index contributed by atoms with van der Waals surface area (Å²) in [6.07, 6.45) is 4.73. The Balaban J connectivity index is 1.51. The maximum absolute atomic E-state index is 11.5. The fourth-order valence-corrected chi connectivity index (χ4v) is 3.33. The van der Waals surface area contributed by atoms with Gasteiger partial charge in [0.1, 0.15) is 16.5 Å². The summed E-state index contributed by atoms with van der Waals surface area (Å²) in [6.45, 7) is 4.97. The van der Waals surface area contributed by atoms with E-state index in [1.54, 1.807) is 13.1 Å². The zero-order chi connectivity index (χ0) is 22.2. The van der Waals surface area contributed by atoms with Crippen LogP contribution in [-0.2, 0) is 11.2 Å². The van der Waals surface area contributed by atoms with Crippen molar-refractivity contribution in [1.29, 1.82) is 0 Å². The number of benzene rings is 2. The molecule has 7 heteroatoms. The van der Waals surface area contributed by atoms with E-state index < -0.39 is 0 Å². The van der Waals surface area contributed by atoms with Gasteiger partial charge in [-0.2, -0.15) is 4.73 Å². The minimum atomic E-state index is -0.278. The number of ether oxygens (including phenoxy) is 2. The Bertz CT molecular complexity index is 1060. The van der Waals surface area contributed by atoms with Crippen LogP contribution < -0.4 is 20.0 Å². The number of hydrogen-bond donors (Lipinski definition) is 1. The Morgan fingerprint density at radius 1 is 1.06 bits per heavy atom. The average Bonchev–Trinajstić information content (AvgIpc) is 3.16. The van der Waals surface area contributed by atoms with Crippen LogP contribution >= 0.6 is 12.2 Å². The summed E-state index contributed by atoms with van der Waals surface area (Å²) in [7, 11) is 0. The molecule has 0 fully saturated rings. The van der Waals surface area contributed by atoms with Crippen LogP contribution in [0.25, 0.3) is 10.9 Å². The fourth-order valence-electron chi connectivity index (χ4n) is 3.21. The number of carbonyl (C=O) groups is 1. The standard InChI is InChI=1S/C24H28N2O4S/c1-3-6-18-15-19(24(25)31)7-10-22(18)29-14-5-13-28-20-8-9-21-17(16-20)11-12-26(21)30-23(27)4-2/h7-12,15-16H,3-6,13-14H2,1-2H3,(H2,25,31). The highest BCUT2D eigenvalue weighted by Crippen LogP contribution is 2.23. The molecular weight excluding hydrogens is 412 g/mol. The Labute approximate surface area is 187 Å². The quantitative estimate of drug-likeness (QED) is 0.351. The molecule has 3 aromatic rings. The summed E-state index contributed by atoms with van der Waals surface area (Å²) in [4.78, 5) is 17.2. The highest BCUT2D eigenvalue weighted by Gasteiger charge is 2.08. The lowest BCUT2D eigenvalue weighted by Crippen LogP contribution is -2.17. The topological polar surface area (TPSA) is 75.7 Å². The number of rotatable bonds is 11. The van der Waals surface area contributed by atoms with Crippen molar-refractivity contribution in [2.75, 3.05) is 13.2 Å². The van der Waals surface area contributed by atoms with E-state index in [1.807, 2.05) is 42.5 Å². The minimum absolute atomic E-state index is 0.278. The maximum Gasteiger partial charge on any atom is 0.332 e. The second kappa shape index (κ2) is 10.8. The molecule has 164 valence electrons. The second-order valence-electron chi connectivity index (χ2n) is 7.17. The molecule has 0 spiro atoms. The first-order valence-corrected chi connectivity index (χ1v) is 10.9. The molecule has 1 heterocycles. The summed E-state index contributed by atoms with van der Waals surface area (Å²) >= 11 is 5.07. The van der Waals surface area contributed by atoms with Gasteiger partial charge in [0, 0.05) is 30.0 Å². The van der Waals surface area contributed by atoms with E-state index in [-0.39, 0.29) is 5.97 Å². The van der Waals surface area contributed by atoms with Gasteiger partial charge in [0.25, 0.3) is 0 Å². The lowest BCUT2D eigenvalue weighted by atomic mass is 10.1. The lowest BCUT2D eigenvalue weighted by Gasteiger charge is -2.13. The molecular formula is C24H28N2O4S. The first-order chi connectivity index (χ1) is 15.0. The predicted octanol–water partition coefficient (Wildman–Crippen LogP) is 4.44. The number of aryl methyl sites for hydroxylation is 1. The Morgan fingerprint density at radius 2 is 1.87 bits per heavy atom. The van der Waals surface area contributed by atoms with Gasteiger partial charge in [-0.05, 0) is 54.4 Å². The van der Waals surface area contributed by atoms with Crippen molar-refractivity contribution in [2.24, 2.45) is 5.73 Å². The Kier molecular flexibility index (Phi) is 7.89. The molecule has 0 atom stereocenters. The fraction of sp³-hybridized carbons (Fsp3) is 0.333. The summed E-state index contributed by atoms with van der Waals surface area (Å²) in [6, 6.07) is 13.4. The van der Waals surface area contributed by atoms with E-state index in [2.05, 4.69) is 6.92 Å². The van der Waals surface area contributed by atoms with Gasteiger partial charge < -0.3 is 20.0 Å². The number of fused-ring (bicyclic) bond motifs is 1. The molecule has 0 radical (unpaired) electrons. The van der Waals surface area contributed by atoms with Crippen LogP contribution in [0.3, 0.4) is 0 Å². The van der Waals surface area contributed by atoms with Crippen molar-refractivity contribution in [3.8, 4) is 11.5 Å². The molecule has 3 rings (SSSR count). The smallest absolute Gasteiger partial charge is 0.332 e. The second-order valence-corrected chi connectivity index (χ2v) is 7.61. The predicted molar refractivity (Wildman–Crippen MR) is 126 cm³/mol. The SMILES string of the molecule is CCCc1cc(C(N)=S)ccc1OCCCOc1ccc2c(ccn2OC(=O)CC)c1. The van der Waals surface area contributed by atoms with Crippen molar-refractivity contribution in [1.82, 2.24) is 4.73 Å². The van der Waals surface area contributed by atoms with Gasteiger partial charge in [0.15, 0.2) is 0 Å². The minimum Gasteiger partial charge on any atom is -0.493 e. The molecule has 0 unspecified atom stereocenters. The van der Waals surface area contributed by atoms with Gasteiger partial charge in [0.2, 0.25) is 0 Å². The number of thiocarbonyl (C=S) groups is 1. The molecule has 0 bridgehead atoms. The third kappa shape index (κ3) is 5.98. The Hall–Kier alpha value is -3.06. The molecule has 0 aliphatic carbocycles. The van der Waals surface area contributed by atoms with Crippen LogP contribution in [0.5, 0.6) is 11.5 Å². The molecule has 0 saturated heterocycles. The van der Waals surface area contributed by atoms with E-state index in [0.29, 0.717) is 24.6 Å². The van der Waals surface area contributed by atoms with Crippen molar-refractivity contribution in [2.45, 2.75) is 39.5 Å². The van der Waals surface area contributed by atoms with Gasteiger partial charge in [0.05, 0.1) is 18.7 Å². The van der Waals surface area contributed by atoms with Crippen LogP contribution in [0, 0.1) is 0 Å². The van der Waals surface area contributed by atoms with E-state index in [4.69, 9.17) is 32.3 Å². The first-order valence-electron chi connectivity index (χ1n) is 10.5. The molecule has 0 aliphatic heterocycles. The van der Waals surface area contributed by atoms with Crippen LogP contribution in [0.15, 0.2) is 48.7 Å². The van der Waals surface area contributed by atoms with Gasteiger partial charge in [-0.3, -0.25) is 0 Å². The lowest BCUT2D eigenvalue weighted by molar-refractivity contribution is -0.143. The number of nitrogens with two attached hydrogens (primary N) is 1. The Morgan fingerprint density at radius 3 is 2.61 bits per heavy atom. The van der Waals surface area contributed by atoms with E-state index in [0.717, 1.165) is 52.8 Å². The monoisotopic (exact) mass is 440 g/mol. The molecule has 1 aromatic heterocycles. The first kappa shape index (κ1) is 22.6. The van der Waals surface area contributed by atoms with Gasteiger partial charge in [-0.1, -0.05) is 32.5 Å². The summed E-state index contributed by atoms with van der Waals surface area (Å²) in [5.41, 5.74) is 8.54. The highest BCUT2D eigenvalue weighted by molar-refractivity contribution is 7.80. The summed E-state index contributed by atoms with van der Waals surface area (Å²) < 4.78 is 13.3. The van der Waals surface area contributed by atoms with Crippen molar-refractivity contribution < 1.29 is 19.1 Å². The molecule has 0 amide bonds. The van der Waals surface area contributed by atoms with Gasteiger partial charge >= 0.3 is 5.97 Å². The van der Waals surface area contributed by atoms with E-state index in [1.165, 1.54) is 4.73 Å².